The summed E-state index contributed by atoms with van der Waals surface area (Å²) in [7, 11) is 0. The average Bonchev–Trinajstić information content (AvgIpc) is 2.83. The van der Waals surface area contributed by atoms with Crippen molar-refractivity contribution in [3.05, 3.63) is 126 Å². The van der Waals surface area contributed by atoms with Gasteiger partial charge in [0.1, 0.15) is 5.75 Å². The lowest BCUT2D eigenvalue weighted by molar-refractivity contribution is 0.460. The Bertz CT molecular complexity index is 1280. The second kappa shape index (κ2) is 11.8. The van der Waals surface area contributed by atoms with E-state index >= 15 is 0 Å². The van der Waals surface area contributed by atoms with Gasteiger partial charge in [-0.3, -0.25) is 0 Å². The van der Waals surface area contributed by atoms with Crippen molar-refractivity contribution in [3.63, 3.8) is 0 Å². The fourth-order valence-electron chi connectivity index (χ4n) is 3.99. The van der Waals surface area contributed by atoms with Crippen LogP contribution in [0.15, 0.2) is 115 Å². The second-order valence-corrected chi connectivity index (χ2v) is 8.01. The molecule has 2 N–H and O–H groups in total. The number of rotatable bonds is 6. The molecular weight excluding hydrogens is 402 g/mol. The van der Waals surface area contributed by atoms with Gasteiger partial charge in [0.15, 0.2) is 0 Å². The molecule has 2 heteroatoms. The molecule has 0 saturated heterocycles. The van der Waals surface area contributed by atoms with E-state index < -0.39 is 0 Å². The van der Waals surface area contributed by atoms with Crippen LogP contribution in [0.4, 0.5) is 0 Å². The van der Waals surface area contributed by atoms with Gasteiger partial charge >= 0.3 is 0 Å². The van der Waals surface area contributed by atoms with E-state index in [4.69, 9.17) is 0 Å². The Hall–Kier alpha value is -3.62. The van der Waals surface area contributed by atoms with Gasteiger partial charge in [-0.1, -0.05) is 116 Å². The molecule has 2 nitrogen and oxygen atoms in total. The van der Waals surface area contributed by atoms with Crippen LogP contribution in [0, 0.1) is 0 Å². The summed E-state index contributed by atoms with van der Waals surface area (Å²) >= 11 is 0. The van der Waals surface area contributed by atoms with Crippen LogP contribution in [0.2, 0.25) is 0 Å². The van der Waals surface area contributed by atoms with Crippen LogP contribution in [0.5, 0.6) is 5.75 Å². The molecular formula is C31H33NO. The lowest BCUT2D eigenvalue weighted by Gasteiger charge is -2.23. The average molecular weight is 436 g/mol. The van der Waals surface area contributed by atoms with Crippen molar-refractivity contribution in [2.75, 3.05) is 6.54 Å². The maximum absolute atomic E-state index is 10.7. The highest BCUT2D eigenvalue weighted by molar-refractivity contribution is 5.91. The number of phenols is 1. The first-order chi connectivity index (χ1) is 16.1. The molecule has 0 aliphatic carbocycles. The number of fused-ring (bicyclic) bond motifs is 2. The molecule has 0 saturated carbocycles. The summed E-state index contributed by atoms with van der Waals surface area (Å²) in [4.78, 5) is 0. The number of hydrogen-bond acceptors (Lipinski definition) is 2. The summed E-state index contributed by atoms with van der Waals surface area (Å²) in [6.45, 7) is 10.6. The third-order valence-electron chi connectivity index (χ3n) is 5.46. The van der Waals surface area contributed by atoms with E-state index in [1.165, 1.54) is 16.3 Å². The van der Waals surface area contributed by atoms with E-state index in [-0.39, 0.29) is 6.04 Å². The summed E-state index contributed by atoms with van der Waals surface area (Å²) in [5.74, 6) is 0.331. The lowest BCUT2D eigenvalue weighted by Crippen LogP contribution is -2.22. The minimum Gasteiger partial charge on any atom is -0.508 e. The summed E-state index contributed by atoms with van der Waals surface area (Å²) in [6, 6.07) is 26.7. The molecule has 0 aliphatic rings. The Morgan fingerprint density at radius 2 is 1.52 bits per heavy atom. The minimum atomic E-state index is -0.0674. The predicted molar refractivity (Wildman–Crippen MR) is 144 cm³/mol. The second-order valence-electron chi connectivity index (χ2n) is 8.01. The van der Waals surface area contributed by atoms with Crippen molar-refractivity contribution in [2.45, 2.75) is 26.8 Å². The maximum atomic E-state index is 10.7. The number of allylic oxidation sites excluding steroid dienone is 5. The van der Waals surface area contributed by atoms with Crippen molar-refractivity contribution < 1.29 is 5.11 Å². The van der Waals surface area contributed by atoms with Gasteiger partial charge in [-0.15, -0.1) is 0 Å². The van der Waals surface area contributed by atoms with E-state index in [0.717, 1.165) is 28.5 Å². The van der Waals surface area contributed by atoms with E-state index in [1.54, 1.807) is 6.07 Å². The standard InChI is InChI=1S/C23H21NO.C8H12/c1-2-24-23(20-13-7-10-16-8-3-5-11-18(16)20)22-19-12-6-4-9-17(19)14-15-21(22)25;1-4-5-6-7-8(2)3/h3-15,23-25H,2H2,1H3;4-7H,2H2,1,3H3/b;5-4-,7-6-/t23-;/m0./s1. The smallest absolute Gasteiger partial charge is 0.121 e. The van der Waals surface area contributed by atoms with E-state index in [2.05, 4.69) is 73.4 Å². The summed E-state index contributed by atoms with van der Waals surface area (Å²) in [5.41, 5.74) is 3.21. The largest absolute Gasteiger partial charge is 0.508 e. The molecule has 168 valence electrons. The molecule has 4 aromatic rings. The Morgan fingerprint density at radius 1 is 0.879 bits per heavy atom. The Labute approximate surface area is 197 Å². The summed E-state index contributed by atoms with van der Waals surface area (Å²) in [6.07, 6.45) is 7.91. The third-order valence-corrected chi connectivity index (χ3v) is 5.46. The van der Waals surface area contributed by atoms with Crippen molar-refractivity contribution >= 4 is 21.5 Å². The Morgan fingerprint density at radius 3 is 2.18 bits per heavy atom. The number of benzene rings is 4. The molecule has 0 aliphatic heterocycles. The van der Waals surface area contributed by atoms with Gasteiger partial charge in [0.05, 0.1) is 6.04 Å². The van der Waals surface area contributed by atoms with Crippen LogP contribution in [0.25, 0.3) is 21.5 Å². The van der Waals surface area contributed by atoms with Gasteiger partial charge in [0.2, 0.25) is 0 Å². The van der Waals surface area contributed by atoms with Crippen LogP contribution < -0.4 is 5.32 Å². The number of hydrogen-bond donors (Lipinski definition) is 2. The minimum absolute atomic E-state index is 0.0674. The van der Waals surface area contributed by atoms with E-state index in [9.17, 15) is 5.11 Å². The Kier molecular flexibility index (Phi) is 8.63. The van der Waals surface area contributed by atoms with Crippen LogP contribution >= 0.6 is 0 Å². The van der Waals surface area contributed by atoms with Gasteiger partial charge < -0.3 is 10.4 Å². The van der Waals surface area contributed by atoms with E-state index in [1.807, 2.05) is 56.4 Å². The number of nitrogens with one attached hydrogen (secondary N) is 1. The fourth-order valence-corrected chi connectivity index (χ4v) is 3.99. The molecule has 0 fully saturated rings. The highest BCUT2D eigenvalue weighted by Gasteiger charge is 2.21. The van der Waals surface area contributed by atoms with Crippen LogP contribution in [0.3, 0.4) is 0 Å². The molecule has 0 aromatic heterocycles. The van der Waals surface area contributed by atoms with Gasteiger partial charge in [0.25, 0.3) is 0 Å². The molecule has 0 radical (unpaired) electrons. The SMILES string of the molecule is C=C(C)/C=C\C=C/C.CCN[C@@H](c1cccc2ccccc12)c1c(O)ccc2ccccc12. The number of aromatic hydroxyl groups is 1. The normalized spacial score (nSPS) is 12.2. The quantitative estimate of drug-likeness (QED) is 0.300. The molecule has 4 aromatic carbocycles. The maximum Gasteiger partial charge on any atom is 0.121 e. The summed E-state index contributed by atoms with van der Waals surface area (Å²) in [5, 5.41) is 18.9. The van der Waals surface area contributed by atoms with Gasteiger partial charge in [-0.25, -0.2) is 0 Å². The fraction of sp³-hybridized carbons (Fsp3) is 0.161. The van der Waals surface area contributed by atoms with Crippen molar-refractivity contribution in [1.82, 2.24) is 5.32 Å². The van der Waals surface area contributed by atoms with Gasteiger partial charge in [0, 0.05) is 5.56 Å². The van der Waals surface area contributed by atoms with Crippen LogP contribution in [-0.4, -0.2) is 11.7 Å². The molecule has 0 amide bonds. The Balaban J connectivity index is 0.000000331. The van der Waals surface area contributed by atoms with Crippen LogP contribution in [-0.2, 0) is 0 Å². The molecule has 0 heterocycles. The first kappa shape index (κ1) is 24.0. The zero-order chi connectivity index (χ0) is 23.6. The monoisotopic (exact) mass is 435 g/mol. The molecule has 4 rings (SSSR count). The molecule has 0 spiro atoms. The molecule has 0 bridgehead atoms. The lowest BCUT2D eigenvalue weighted by atomic mass is 9.90. The van der Waals surface area contributed by atoms with E-state index in [0.29, 0.717) is 5.75 Å². The van der Waals surface area contributed by atoms with Crippen molar-refractivity contribution in [3.8, 4) is 5.75 Å². The van der Waals surface area contributed by atoms with Gasteiger partial charge in [-0.05, 0) is 53.6 Å². The predicted octanol–water partition coefficient (Wildman–Crippen LogP) is 8.09. The molecule has 1 atom stereocenters. The van der Waals surface area contributed by atoms with Crippen molar-refractivity contribution in [2.24, 2.45) is 0 Å². The van der Waals surface area contributed by atoms with Crippen molar-refractivity contribution in [1.29, 1.82) is 0 Å². The number of phenolic OH excluding ortho intramolecular Hbond substituents is 1. The highest BCUT2D eigenvalue weighted by Crippen LogP contribution is 2.38. The first-order valence-corrected chi connectivity index (χ1v) is 11.4. The third kappa shape index (κ3) is 6.00. The van der Waals surface area contributed by atoms with Crippen LogP contribution in [0.1, 0.15) is 37.9 Å². The molecule has 0 unspecified atom stereocenters. The first-order valence-electron chi connectivity index (χ1n) is 11.4. The zero-order valence-electron chi connectivity index (χ0n) is 19.8. The highest BCUT2D eigenvalue weighted by atomic mass is 16.3. The van der Waals surface area contributed by atoms with Gasteiger partial charge in [-0.2, -0.15) is 0 Å². The summed E-state index contributed by atoms with van der Waals surface area (Å²) < 4.78 is 0. The molecule has 33 heavy (non-hydrogen) atoms. The topological polar surface area (TPSA) is 32.3 Å². The zero-order valence-corrected chi connectivity index (χ0v) is 19.8.